The third kappa shape index (κ3) is 4.07. The predicted molar refractivity (Wildman–Crippen MR) is 80.0 cm³/mol. The zero-order chi connectivity index (χ0) is 12.3. The molecule has 1 nitrogen and oxygen atoms in total. The van der Waals surface area contributed by atoms with Crippen LogP contribution in [0.5, 0.6) is 0 Å². The molecule has 0 radical (unpaired) electrons. The molecule has 1 heterocycles. The molecule has 0 spiro atoms. The highest BCUT2D eigenvalue weighted by Gasteiger charge is 2.31. The Morgan fingerprint density at radius 1 is 1.12 bits per heavy atom. The van der Waals surface area contributed by atoms with Crippen LogP contribution >= 0.6 is 23.5 Å². The van der Waals surface area contributed by atoms with Gasteiger partial charge in [-0.25, -0.2) is 0 Å². The van der Waals surface area contributed by atoms with E-state index in [2.05, 4.69) is 13.8 Å². The second-order valence-electron chi connectivity index (χ2n) is 5.73. The predicted octanol–water partition coefficient (Wildman–Crippen LogP) is 3.94. The van der Waals surface area contributed by atoms with Gasteiger partial charge in [0.05, 0.1) is 6.10 Å². The molecule has 2 fully saturated rings. The summed E-state index contributed by atoms with van der Waals surface area (Å²) in [5.74, 6) is 1.95. The summed E-state index contributed by atoms with van der Waals surface area (Å²) in [6.07, 6.45) is 7.88. The first kappa shape index (κ1) is 14.1. The summed E-state index contributed by atoms with van der Waals surface area (Å²) in [6.45, 7) is 4.62. The number of hydrogen-bond donors (Lipinski definition) is 1. The van der Waals surface area contributed by atoms with Crippen molar-refractivity contribution in [2.24, 2.45) is 5.92 Å². The second-order valence-corrected chi connectivity index (χ2v) is 8.76. The molecule has 1 aliphatic carbocycles. The standard InChI is InChI=1S/C14H26OS2/c1-10-11(2)17-14(9-16-10)13(15)8-12-6-4-3-5-7-12/h10-15H,3-9H2,1-2H3. The summed E-state index contributed by atoms with van der Waals surface area (Å²) in [4.78, 5) is 0. The third-order valence-corrected chi connectivity index (χ3v) is 7.84. The molecule has 1 saturated carbocycles. The lowest BCUT2D eigenvalue weighted by Crippen LogP contribution is -2.35. The summed E-state index contributed by atoms with van der Waals surface area (Å²) < 4.78 is 0. The average molecular weight is 274 g/mol. The molecular weight excluding hydrogens is 248 g/mol. The van der Waals surface area contributed by atoms with Crippen LogP contribution in [0.3, 0.4) is 0 Å². The largest absolute Gasteiger partial charge is 0.392 e. The van der Waals surface area contributed by atoms with E-state index in [1.807, 2.05) is 23.5 Å². The normalized spacial score (nSPS) is 37.9. The molecular formula is C14H26OS2. The minimum Gasteiger partial charge on any atom is -0.392 e. The lowest BCUT2D eigenvalue weighted by molar-refractivity contribution is 0.132. The Hall–Kier alpha value is 0.660. The van der Waals surface area contributed by atoms with E-state index in [0.29, 0.717) is 10.5 Å². The monoisotopic (exact) mass is 274 g/mol. The summed E-state index contributed by atoms with van der Waals surface area (Å²) in [5, 5.41) is 12.3. The summed E-state index contributed by atoms with van der Waals surface area (Å²) >= 11 is 4.06. The lowest BCUT2D eigenvalue weighted by Gasteiger charge is -2.35. The zero-order valence-electron chi connectivity index (χ0n) is 11.1. The van der Waals surface area contributed by atoms with Gasteiger partial charge in [0.2, 0.25) is 0 Å². The van der Waals surface area contributed by atoms with Crippen molar-refractivity contribution in [1.82, 2.24) is 0 Å². The number of aliphatic hydroxyl groups is 1. The van der Waals surface area contributed by atoms with Crippen LogP contribution in [0.25, 0.3) is 0 Å². The van der Waals surface area contributed by atoms with Gasteiger partial charge in [0.1, 0.15) is 0 Å². The Bertz CT molecular complexity index is 228. The summed E-state index contributed by atoms with van der Waals surface area (Å²) in [6, 6.07) is 0. The van der Waals surface area contributed by atoms with Gasteiger partial charge in [0.15, 0.2) is 0 Å². The van der Waals surface area contributed by atoms with Crippen molar-refractivity contribution in [3.63, 3.8) is 0 Å². The van der Waals surface area contributed by atoms with E-state index in [1.54, 1.807) is 0 Å². The number of rotatable bonds is 3. The van der Waals surface area contributed by atoms with Crippen LogP contribution < -0.4 is 0 Å². The Morgan fingerprint density at radius 3 is 2.47 bits per heavy atom. The topological polar surface area (TPSA) is 20.2 Å². The lowest BCUT2D eigenvalue weighted by atomic mass is 9.85. The van der Waals surface area contributed by atoms with Crippen molar-refractivity contribution < 1.29 is 5.11 Å². The van der Waals surface area contributed by atoms with Crippen molar-refractivity contribution in [2.45, 2.75) is 74.2 Å². The molecule has 0 bridgehead atoms. The minimum atomic E-state index is -0.0643. The van der Waals surface area contributed by atoms with Crippen LogP contribution in [0.2, 0.25) is 0 Å². The van der Waals surface area contributed by atoms with Gasteiger partial charge in [-0.05, 0) is 12.3 Å². The maximum Gasteiger partial charge on any atom is 0.0669 e. The Labute approximate surface area is 115 Å². The highest BCUT2D eigenvalue weighted by atomic mass is 32.2. The maximum atomic E-state index is 10.4. The van der Waals surface area contributed by atoms with E-state index in [4.69, 9.17) is 0 Å². The van der Waals surface area contributed by atoms with Gasteiger partial charge in [-0.2, -0.15) is 23.5 Å². The number of aliphatic hydroxyl groups excluding tert-OH is 1. The average Bonchev–Trinajstić information content (AvgIpc) is 2.34. The third-order valence-electron chi connectivity index (χ3n) is 4.30. The smallest absolute Gasteiger partial charge is 0.0669 e. The molecule has 2 rings (SSSR count). The molecule has 2 aliphatic rings. The molecule has 3 heteroatoms. The van der Waals surface area contributed by atoms with Crippen LogP contribution in [0.4, 0.5) is 0 Å². The van der Waals surface area contributed by atoms with Crippen molar-refractivity contribution in [1.29, 1.82) is 0 Å². The second kappa shape index (κ2) is 6.72. The molecule has 1 saturated heterocycles. The Kier molecular flexibility index (Phi) is 5.56. The molecule has 4 unspecified atom stereocenters. The first-order valence-electron chi connectivity index (χ1n) is 7.12. The van der Waals surface area contributed by atoms with Gasteiger partial charge < -0.3 is 5.11 Å². The Morgan fingerprint density at radius 2 is 1.82 bits per heavy atom. The highest BCUT2D eigenvalue weighted by molar-refractivity contribution is 8.07. The van der Waals surface area contributed by atoms with Crippen LogP contribution in [0.15, 0.2) is 0 Å². The number of thioether (sulfide) groups is 2. The SMILES string of the molecule is CC1SCC(C(O)CC2CCCCC2)SC1C. The summed E-state index contributed by atoms with van der Waals surface area (Å²) in [5.41, 5.74) is 0. The van der Waals surface area contributed by atoms with E-state index in [0.717, 1.165) is 23.3 Å². The fourth-order valence-corrected chi connectivity index (χ4v) is 5.96. The molecule has 100 valence electrons. The Balaban J connectivity index is 1.77. The van der Waals surface area contributed by atoms with Gasteiger partial charge in [-0.1, -0.05) is 46.0 Å². The molecule has 0 aromatic rings. The zero-order valence-corrected chi connectivity index (χ0v) is 12.7. The first-order valence-corrected chi connectivity index (χ1v) is 9.11. The first-order chi connectivity index (χ1) is 8.16. The van der Waals surface area contributed by atoms with Crippen LogP contribution in [-0.4, -0.2) is 32.7 Å². The molecule has 0 aromatic carbocycles. The van der Waals surface area contributed by atoms with Gasteiger partial charge in [0, 0.05) is 21.5 Å². The van der Waals surface area contributed by atoms with Crippen LogP contribution in [0.1, 0.15) is 52.4 Å². The molecule has 17 heavy (non-hydrogen) atoms. The molecule has 1 N–H and O–H groups in total. The summed E-state index contributed by atoms with van der Waals surface area (Å²) in [7, 11) is 0. The van der Waals surface area contributed by atoms with Crippen LogP contribution in [-0.2, 0) is 0 Å². The number of hydrogen-bond acceptors (Lipinski definition) is 3. The van der Waals surface area contributed by atoms with Crippen LogP contribution in [0, 0.1) is 5.92 Å². The van der Waals surface area contributed by atoms with Crippen molar-refractivity contribution >= 4 is 23.5 Å². The van der Waals surface area contributed by atoms with E-state index < -0.39 is 0 Å². The van der Waals surface area contributed by atoms with E-state index in [-0.39, 0.29) is 6.10 Å². The van der Waals surface area contributed by atoms with Crippen molar-refractivity contribution in [2.75, 3.05) is 5.75 Å². The van der Waals surface area contributed by atoms with Gasteiger partial charge >= 0.3 is 0 Å². The minimum absolute atomic E-state index is 0.0643. The van der Waals surface area contributed by atoms with E-state index >= 15 is 0 Å². The van der Waals surface area contributed by atoms with Gasteiger partial charge in [0.25, 0.3) is 0 Å². The fraction of sp³-hybridized carbons (Fsp3) is 1.00. The van der Waals surface area contributed by atoms with Gasteiger partial charge in [-0.3, -0.25) is 0 Å². The molecule has 4 atom stereocenters. The highest BCUT2D eigenvalue weighted by Crippen LogP contribution is 2.39. The fourth-order valence-electron chi connectivity index (χ4n) is 2.93. The van der Waals surface area contributed by atoms with E-state index in [9.17, 15) is 5.11 Å². The van der Waals surface area contributed by atoms with Crippen molar-refractivity contribution in [3.05, 3.63) is 0 Å². The van der Waals surface area contributed by atoms with E-state index in [1.165, 1.54) is 32.1 Å². The maximum absolute atomic E-state index is 10.4. The van der Waals surface area contributed by atoms with Gasteiger partial charge in [-0.15, -0.1) is 0 Å². The quantitative estimate of drug-likeness (QED) is 0.841. The molecule has 1 aliphatic heterocycles. The van der Waals surface area contributed by atoms with Crippen molar-refractivity contribution in [3.8, 4) is 0 Å². The molecule has 0 amide bonds. The molecule has 0 aromatic heterocycles.